The lowest BCUT2D eigenvalue weighted by molar-refractivity contribution is -0.138. The summed E-state index contributed by atoms with van der Waals surface area (Å²) < 4.78 is 45.5. The number of fused-ring (bicyclic) bond motifs is 2. The Morgan fingerprint density at radius 3 is 2.61 bits per heavy atom. The zero-order valence-electron chi connectivity index (χ0n) is 20.7. The molecular formula is C27H28F3N5O3. The van der Waals surface area contributed by atoms with Gasteiger partial charge in [-0.3, -0.25) is 14.7 Å². The highest BCUT2D eigenvalue weighted by atomic mass is 19.4. The van der Waals surface area contributed by atoms with Crippen molar-refractivity contribution in [2.24, 2.45) is 0 Å². The molecule has 2 aromatic carbocycles. The van der Waals surface area contributed by atoms with Crippen molar-refractivity contribution in [3.05, 3.63) is 70.1 Å². The van der Waals surface area contributed by atoms with Gasteiger partial charge in [0.25, 0.3) is 0 Å². The molecule has 0 aliphatic carbocycles. The number of aromatic nitrogens is 3. The maximum Gasteiger partial charge on any atom is 0.416 e. The number of pyridine rings is 1. The van der Waals surface area contributed by atoms with Crippen LogP contribution in [0.4, 0.5) is 13.2 Å². The first-order chi connectivity index (χ1) is 18.3. The molecule has 1 aliphatic heterocycles. The molecule has 0 bridgehead atoms. The Hall–Kier alpha value is -3.86. The van der Waals surface area contributed by atoms with Crippen LogP contribution < -0.4 is 10.4 Å². The number of halogens is 3. The third-order valence-electron chi connectivity index (χ3n) is 6.82. The van der Waals surface area contributed by atoms with E-state index in [0.29, 0.717) is 81.1 Å². The van der Waals surface area contributed by atoms with Crippen LogP contribution in [0.5, 0.6) is 5.75 Å². The van der Waals surface area contributed by atoms with Crippen molar-refractivity contribution in [1.82, 2.24) is 24.8 Å². The maximum absolute atomic E-state index is 13.2. The molecule has 11 heteroatoms. The average Bonchev–Trinajstić information content (AvgIpc) is 3.27. The third kappa shape index (κ3) is 5.99. The number of nitrogens with one attached hydrogen (secondary N) is 2. The van der Waals surface area contributed by atoms with Crippen molar-refractivity contribution in [3.63, 3.8) is 0 Å². The normalized spacial score (nSPS) is 14.9. The first kappa shape index (κ1) is 25.8. The number of benzene rings is 2. The van der Waals surface area contributed by atoms with Crippen molar-refractivity contribution >= 4 is 28.0 Å². The molecule has 0 radical (unpaired) electrons. The molecule has 2 aromatic heterocycles. The predicted molar refractivity (Wildman–Crippen MR) is 137 cm³/mol. The number of H-pyrrole nitrogens is 2. The number of rotatable bonds is 8. The molecule has 1 saturated heterocycles. The molecule has 0 unspecified atom stereocenters. The van der Waals surface area contributed by atoms with Gasteiger partial charge < -0.3 is 14.6 Å². The Morgan fingerprint density at radius 1 is 1.03 bits per heavy atom. The number of imidazole rings is 1. The summed E-state index contributed by atoms with van der Waals surface area (Å²) in [4.78, 5) is 37.8. The van der Waals surface area contributed by atoms with E-state index in [1.54, 1.807) is 12.1 Å². The van der Waals surface area contributed by atoms with Crippen molar-refractivity contribution < 1.29 is 22.7 Å². The van der Waals surface area contributed by atoms with Crippen LogP contribution in [0.1, 0.15) is 24.0 Å². The monoisotopic (exact) mass is 527 g/mol. The number of amides is 1. The second kappa shape index (κ2) is 10.9. The Morgan fingerprint density at radius 2 is 1.82 bits per heavy atom. The number of alkyl halides is 3. The minimum atomic E-state index is -4.35. The van der Waals surface area contributed by atoms with Gasteiger partial charge >= 0.3 is 11.9 Å². The molecule has 0 atom stereocenters. The van der Waals surface area contributed by atoms with Gasteiger partial charge in [-0.2, -0.15) is 13.2 Å². The minimum absolute atomic E-state index is 0.0529. The summed E-state index contributed by atoms with van der Waals surface area (Å²) in [6.45, 7) is 3.31. The largest absolute Gasteiger partial charge is 0.494 e. The van der Waals surface area contributed by atoms with Gasteiger partial charge in [0.1, 0.15) is 5.75 Å². The van der Waals surface area contributed by atoms with E-state index in [2.05, 4.69) is 19.9 Å². The molecule has 0 saturated carbocycles. The second-order valence-corrected chi connectivity index (χ2v) is 9.40. The number of aromatic amines is 2. The Labute approximate surface area is 216 Å². The Kier molecular flexibility index (Phi) is 7.37. The first-order valence-electron chi connectivity index (χ1n) is 12.6. The predicted octanol–water partition coefficient (Wildman–Crippen LogP) is 3.97. The fraction of sp³-hybridized carbons (Fsp3) is 0.370. The fourth-order valence-corrected chi connectivity index (χ4v) is 4.78. The average molecular weight is 528 g/mol. The van der Waals surface area contributed by atoms with E-state index in [1.165, 1.54) is 12.1 Å². The molecule has 38 heavy (non-hydrogen) atoms. The van der Waals surface area contributed by atoms with Crippen LogP contribution in [0.15, 0.2) is 53.3 Å². The minimum Gasteiger partial charge on any atom is -0.494 e. The molecule has 200 valence electrons. The molecule has 3 heterocycles. The summed E-state index contributed by atoms with van der Waals surface area (Å²) in [7, 11) is 0. The van der Waals surface area contributed by atoms with E-state index >= 15 is 0 Å². The fourth-order valence-electron chi connectivity index (χ4n) is 4.78. The summed E-state index contributed by atoms with van der Waals surface area (Å²) in [6, 6.07) is 13.0. The van der Waals surface area contributed by atoms with E-state index in [9.17, 15) is 22.8 Å². The Bertz CT molecular complexity index is 1490. The summed E-state index contributed by atoms with van der Waals surface area (Å²) >= 11 is 0. The van der Waals surface area contributed by atoms with Gasteiger partial charge in [0.15, 0.2) is 5.65 Å². The number of hydrogen-bond acceptors (Lipinski definition) is 5. The van der Waals surface area contributed by atoms with Crippen LogP contribution in [-0.4, -0.2) is 70.0 Å². The van der Waals surface area contributed by atoms with E-state index < -0.39 is 11.7 Å². The number of piperazine rings is 1. The molecule has 1 aliphatic rings. The summed E-state index contributed by atoms with van der Waals surface area (Å²) in [5, 5.41) is 0.834. The summed E-state index contributed by atoms with van der Waals surface area (Å²) in [5.41, 5.74) is 1.27. The van der Waals surface area contributed by atoms with Crippen LogP contribution >= 0.6 is 0 Å². The molecule has 5 rings (SSSR count). The van der Waals surface area contributed by atoms with Crippen molar-refractivity contribution in [3.8, 4) is 5.75 Å². The lowest BCUT2D eigenvalue weighted by atomic mass is 10.0. The summed E-state index contributed by atoms with van der Waals surface area (Å²) in [5.74, 6) is 0.710. The zero-order valence-corrected chi connectivity index (χ0v) is 20.7. The number of carbonyl (C=O) groups is 1. The Balaban J connectivity index is 1.04. The van der Waals surface area contributed by atoms with Gasteiger partial charge in [0, 0.05) is 44.5 Å². The lowest BCUT2D eigenvalue weighted by Gasteiger charge is -2.35. The van der Waals surface area contributed by atoms with Crippen LogP contribution in [0.3, 0.4) is 0 Å². The number of ether oxygens (including phenoxy) is 1. The van der Waals surface area contributed by atoms with Gasteiger partial charge in [-0.15, -0.1) is 0 Å². The molecular weight excluding hydrogens is 499 g/mol. The molecule has 1 fully saturated rings. The van der Waals surface area contributed by atoms with Gasteiger partial charge in [-0.05, 0) is 48.7 Å². The van der Waals surface area contributed by atoms with Crippen LogP contribution in [-0.2, 0) is 17.4 Å². The van der Waals surface area contributed by atoms with Crippen molar-refractivity contribution in [2.45, 2.75) is 25.4 Å². The van der Waals surface area contributed by atoms with Crippen molar-refractivity contribution in [2.75, 3.05) is 39.3 Å². The number of hydrogen-bond donors (Lipinski definition) is 2. The van der Waals surface area contributed by atoms with Crippen molar-refractivity contribution in [1.29, 1.82) is 0 Å². The lowest BCUT2D eigenvalue weighted by Crippen LogP contribution is -2.49. The standard InChI is InChI=1S/C27H28F3N5O3/c28-27(29,30)21-5-2-1-4-18(21)9-10-34-11-13-35(14-12-34)24(36)6-3-15-38-20-7-8-22-19(16-20)17-23-25(31-22)33-26(37)32-23/h1-2,4-5,7-8,16-17H,3,6,9-15H2,(H2,31,32,33,37). The van der Waals surface area contributed by atoms with Gasteiger partial charge in [-0.25, -0.2) is 9.78 Å². The van der Waals surface area contributed by atoms with Gasteiger partial charge in [0.2, 0.25) is 5.91 Å². The highest BCUT2D eigenvalue weighted by Crippen LogP contribution is 2.32. The molecule has 4 aromatic rings. The van der Waals surface area contributed by atoms with Gasteiger partial charge in [-0.1, -0.05) is 18.2 Å². The molecule has 0 spiro atoms. The van der Waals surface area contributed by atoms with E-state index in [1.807, 2.05) is 23.1 Å². The molecule has 1 amide bonds. The highest BCUT2D eigenvalue weighted by molar-refractivity contribution is 5.90. The highest BCUT2D eigenvalue weighted by Gasteiger charge is 2.33. The molecule has 2 N–H and O–H groups in total. The number of nitrogens with zero attached hydrogens (tertiary/aromatic N) is 3. The van der Waals surface area contributed by atoms with E-state index in [-0.39, 0.29) is 11.6 Å². The van der Waals surface area contributed by atoms with Crippen LogP contribution in [0.2, 0.25) is 0 Å². The van der Waals surface area contributed by atoms with Crippen LogP contribution in [0, 0.1) is 0 Å². The quantitative estimate of drug-likeness (QED) is 0.338. The number of carbonyl (C=O) groups excluding carboxylic acids is 1. The SMILES string of the molecule is O=C(CCCOc1ccc2nc3[nH]c(=O)[nH]c3cc2c1)N1CCN(CCc2ccccc2C(F)(F)F)CC1. The zero-order chi connectivity index (χ0) is 26.7. The topological polar surface area (TPSA) is 94.3 Å². The smallest absolute Gasteiger partial charge is 0.416 e. The maximum atomic E-state index is 13.2. The third-order valence-corrected chi connectivity index (χ3v) is 6.82. The second-order valence-electron chi connectivity index (χ2n) is 9.40. The van der Waals surface area contributed by atoms with E-state index in [0.717, 1.165) is 17.0 Å². The van der Waals surface area contributed by atoms with Crippen LogP contribution in [0.25, 0.3) is 22.1 Å². The first-order valence-corrected chi connectivity index (χ1v) is 12.6. The molecule has 8 nitrogen and oxygen atoms in total. The van der Waals surface area contributed by atoms with E-state index in [4.69, 9.17) is 4.74 Å². The van der Waals surface area contributed by atoms with Gasteiger partial charge in [0.05, 0.1) is 23.2 Å². The summed E-state index contributed by atoms with van der Waals surface area (Å²) in [6.07, 6.45) is -3.11.